The van der Waals surface area contributed by atoms with Crippen molar-refractivity contribution in [3.05, 3.63) is 71.0 Å². The third kappa shape index (κ3) is 4.10. The number of aromatic nitrogens is 1. The molecule has 5 aromatic rings. The van der Waals surface area contributed by atoms with E-state index in [2.05, 4.69) is 75.4 Å². The molecule has 1 saturated carbocycles. The van der Waals surface area contributed by atoms with Crippen LogP contribution in [0.4, 0.5) is 4.39 Å². The summed E-state index contributed by atoms with van der Waals surface area (Å²) in [5.41, 5.74) is 8.94. The van der Waals surface area contributed by atoms with E-state index in [0.717, 1.165) is 34.3 Å². The Morgan fingerprint density at radius 1 is 0.919 bits per heavy atom. The van der Waals surface area contributed by atoms with Crippen LogP contribution in [0, 0.1) is 25.6 Å². The topological polar surface area (TPSA) is 17.0 Å². The Kier molecular flexibility index (Phi) is 5.79. The molecule has 1 aliphatic carbocycles. The van der Waals surface area contributed by atoms with Crippen LogP contribution in [-0.2, 0) is 13.5 Å². The van der Waals surface area contributed by atoms with Gasteiger partial charge < -0.3 is 4.42 Å². The Morgan fingerprint density at radius 2 is 1.65 bits per heavy atom. The van der Waals surface area contributed by atoms with Gasteiger partial charge in [0.05, 0.1) is 13.6 Å². The summed E-state index contributed by atoms with van der Waals surface area (Å²) in [6, 6.07) is 16.7. The minimum Gasteiger partial charge on any atom is -0.455 e. The molecule has 2 aromatic heterocycles. The van der Waals surface area contributed by atoms with Gasteiger partial charge in [0.1, 0.15) is 24.0 Å². The van der Waals surface area contributed by atoms with Gasteiger partial charge in [0.15, 0.2) is 0 Å². The molecule has 3 aromatic carbocycles. The molecular formula is C33H37FNOSi+. The third-order valence-electron chi connectivity index (χ3n) is 8.73. The molecule has 190 valence electrons. The summed E-state index contributed by atoms with van der Waals surface area (Å²) in [5, 5.41) is 4.87. The van der Waals surface area contributed by atoms with Gasteiger partial charge >= 0.3 is 0 Å². The van der Waals surface area contributed by atoms with Crippen molar-refractivity contribution in [3.63, 3.8) is 0 Å². The molecule has 6 rings (SSSR count). The van der Waals surface area contributed by atoms with Crippen molar-refractivity contribution in [1.29, 1.82) is 0 Å². The molecular weight excluding hydrogens is 473 g/mol. The number of hydrogen-bond acceptors (Lipinski definition) is 1. The lowest BCUT2D eigenvalue weighted by molar-refractivity contribution is -0.633. The minimum atomic E-state index is -1.48. The predicted octanol–water partition coefficient (Wildman–Crippen LogP) is 8.26. The molecule has 0 amide bonds. The maximum atomic E-state index is 14.1. The molecule has 0 radical (unpaired) electrons. The van der Waals surface area contributed by atoms with Crippen molar-refractivity contribution in [1.82, 2.24) is 0 Å². The molecule has 2 nitrogen and oxygen atoms in total. The lowest BCUT2D eigenvalue weighted by Crippen LogP contribution is -2.40. The van der Waals surface area contributed by atoms with Crippen LogP contribution in [0.15, 0.2) is 52.9 Å². The number of aryl methyl sites for hydroxylation is 2. The largest absolute Gasteiger partial charge is 0.455 e. The summed E-state index contributed by atoms with van der Waals surface area (Å²) >= 11 is 0. The molecule has 0 N–H and O–H groups in total. The Morgan fingerprint density at radius 3 is 2.38 bits per heavy atom. The Bertz CT molecular complexity index is 1690. The quantitative estimate of drug-likeness (QED) is 0.176. The molecule has 0 atom stereocenters. The van der Waals surface area contributed by atoms with E-state index < -0.39 is 8.07 Å². The highest BCUT2D eigenvalue weighted by Gasteiger charge is 2.28. The van der Waals surface area contributed by atoms with Gasteiger partial charge in [-0.1, -0.05) is 56.6 Å². The molecule has 0 saturated heterocycles. The number of fused-ring (bicyclic) bond motifs is 4. The van der Waals surface area contributed by atoms with E-state index in [0.29, 0.717) is 5.58 Å². The fourth-order valence-electron chi connectivity index (χ4n) is 6.37. The maximum absolute atomic E-state index is 14.1. The zero-order chi connectivity index (χ0) is 26.1. The second kappa shape index (κ2) is 8.80. The summed E-state index contributed by atoms with van der Waals surface area (Å²) in [5.74, 6) is 0.490. The third-order valence-corrected chi connectivity index (χ3v) is 10.8. The van der Waals surface area contributed by atoms with E-state index in [-0.39, 0.29) is 5.82 Å². The summed E-state index contributed by atoms with van der Waals surface area (Å²) in [6.07, 6.45) is 6.48. The Labute approximate surface area is 220 Å². The zero-order valence-electron chi connectivity index (χ0n) is 23.0. The van der Waals surface area contributed by atoms with E-state index in [1.165, 1.54) is 76.3 Å². The number of hydrogen-bond donors (Lipinski definition) is 0. The molecule has 4 heteroatoms. The molecule has 1 aliphatic rings. The van der Waals surface area contributed by atoms with Crippen molar-refractivity contribution >= 4 is 46.1 Å². The van der Waals surface area contributed by atoms with Crippen molar-refractivity contribution in [2.45, 2.75) is 65.6 Å². The van der Waals surface area contributed by atoms with Gasteiger partial charge in [-0.25, -0.2) is 4.39 Å². The first-order valence-electron chi connectivity index (χ1n) is 13.7. The molecule has 0 aliphatic heterocycles. The average Bonchev–Trinajstić information content (AvgIpc) is 3.48. The second-order valence-corrected chi connectivity index (χ2v) is 17.3. The van der Waals surface area contributed by atoms with Gasteiger partial charge in [-0.15, -0.1) is 0 Å². The van der Waals surface area contributed by atoms with Crippen LogP contribution in [0.5, 0.6) is 0 Å². The highest BCUT2D eigenvalue weighted by molar-refractivity contribution is 6.88. The number of furan rings is 1. The molecule has 2 heterocycles. The molecule has 0 bridgehead atoms. The van der Waals surface area contributed by atoms with Crippen LogP contribution in [-0.4, -0.2) is 8.07 Å². The number of nitrogens with zero attached hydrogens (tertiary/aromatic N) is 1. The fourth-order valence-corrected chi connectivity index (χ4v) is 7.52. The van der Waals surface area contributed by atoms with Crippen LogP contribution in [0.2, 0.25) is 19.6 Å². The first kappa shape index (κ1) is 24.4. The summed E-state index contributed by atoms with van der Waals surface area (Å²) < 4.78 is 22.9. The monoisotopic (exact) mass is 510 g/mol. The standard InChI is InChI=1S/C33H37FNOSi/c1-20-15-28-27-13-11-24(34)18-31(27)36-33(28)32(21(20)2)30-17-23(16-22-9-7-8-10-22)26-14-12-25(37(4,5)6)19-29(26)35(30)3/h11-15,17-19,22H,7-10,16H2,1-6H3/q+1. The van der Waals surface area contributed by atoms with E-state index in [9.17, 15) is 4.39 Å². The lowest BCUT2D eigenvalue weighted by atomic mass is 9.91. The molecule has 0 spiro atoms. The van der Waals surface area contributed by atoms with Crippen molar-refractivity contribution < 1.29 is 13.4 Å². The van der Waals surface area contributed by atoms with Gasteiger partial charge in [-0.2, -0.15) is 4.57 Å². The highest BCUT2D eigenvalue weighted by Crippen LogP contribution is 2.40. The van der Waals surface area contributed by atoms with Crippen LogP contribution in [0.3, 0.4) is 0 Å². The van der Waals surface area contributed by atoms with Crippen LogP contribution < -0.4 is 9.75 Å². The van der Waals surface area contributed by atoms with E-state index in [1.807, 2.05) is 6.07 Å². The normalized spacial score (nSPS) is 15.0. The van der Waals surface area contributed by atoms with E-state index >= 15 is 0 Å². The van der Waals surface area contributed by atoms with E-state index in [1.54, 1.807) is 0 Å². The number of pyridine rings is 1. The average molecular weight is 511 g/mol. The minimum absolute atomic E-state index is 0.268. The molecule has 1 fully saturated rings. The van der Waals surface area contributed by atoms with E-state index in [4.69, 9.17) is 4.42 Å². The van der Waals surface area contributed by atoms with Crippen LogP contribution >= 0.6 is 0 Å². The van der Waals surface area contributed by atoms with Gasteiger partial charge in [0, 0.05) is 34.4 Å². The van der Waals surface area contributed by atoms with Crippen LogP contribution in [0.1, 0.15) is 42.4 Å². The van der Waals surface area contributed by atoms with Gasteiger partial charge in [-0.05, 0) is 67.1 Å². The summed E-state index contributed by atoms with van der Waals surface area (Å²) in [6.45, 7) is 11.6. The van der Waals surface area contributed by atoms with Crippen molar-refractivity contribution in [3.8, 4) is 11.3 Å². The highest BCUT2D eigenvalue weighted by atomic mass is 28.3. The smallest absolute Gasteiger partial charge is 0.217 e. The summed E-state index contributed by atoms with van der Waals surface area (Å²) in [4.78, 5) is 0. The maximum Gasteiger partial charge on any atom is 0.217 e. The predicted molar refractivity (Wildman–Crippen MR) is 156 cm³/mol. The number of benzene rings is 3. The van der Waals surface area contributed by atoms with Gasteiger partial charge in [0.25, 0.3) is 0 Å². The molecule has 0 unspecified atom stereocenters. The first-order chi connectivity index (χ1) is 17.6. The fraction of sp³-hybridized carbons (Fsp3) is 0.364. The van der Waals surface area contributed by atoms with Crippen molar-refractivity contribution in [2.75, 3.05) is 0 Å². The number of rotatable bonds is 4. The van der Waals surface area contributed by atoms with Crippen molar-refractivity contribution in [2.24, 2.45) is 13.0 Å². The van der Waals surface area contributed by atoms with Crippen LogP contribution in [0.25, 0.3) is 44.1 Å². The Hall–Kier alpha value is -2.98. The second-order valence-electron chi connectivity index (χ2n) is 12.3. The summed E-state index contributed by atoms with van der Waals surface area (Å²) in [7, 11) is 0.713. The SMILES string of the molecule is Cc1cc2c(oc3cc(F)ccc32)c(-c2cc(CC3CCCC3)c3ccc([Si](C)(C)C)cc3[n+]2C)c1C. The number of halogens is 1. The molecule has 37 heavy (non-hydrogen) atoms. The van der Waals surface area contributed by atoms with Gasteiger partial charge in [-0.3, -0.25) is 0 Å². The lowest BCUT2D eigenvalue weighted by Gasteiger charge is -2.19. The Balaban J connectivity index is 1.69. The van der Waals surface area contributed by atoms with Gasteiger partial charge in [0.2, 0.25) is 11.2 Å². The zero-order valence-corrected chi connectivity index (χ0v) is 24.0. The first-order valence-corrected chi connectivity index (χ1v) is 17.2.